The number of methoxy groups -OCH3 is 2. The van der Waals surface area contributed by atoms with Crippen LogP contribution in [0.4, 0.5) is 27.8 Å². The lowest BCUT2D eigenvalue weighted by Crippen LogP contribution is -2.24. The van der Waals surface area contributed by atoms with Gasteiger partial charge < -0.3 is 14.4 Å². The maximum atomic E-state index is 16.1. The van der Waals surface area contributed by atoms with Crippen molar-refractivity contribution >= 4 is 39.9 Å². The van der Waals surface area contributed by atoms with E-state index in [1.807, 2.05) is 4.98 Å². The lowest BCUT2D eigenvalue weighted by Gasteiger charge is -2.27. The van der Waals surface area contributed by atoms with Crippen LogP contribution in [0.2, 0.25) is 10.3 Å². The topological polar surface area (TPSA) is 80.3 Å². The monoisotopic (exact) mass is 664 g/mol. The number of H-pyrrole nitrogens is 1. The molecule has 5 rings (SSSR count). The fourth-order valence-electron chi connectivity index (χ4n) is 4.93. The molecule has 3 aromatic carbocycles. The van der Waals surface area contributed by atoms with Gasteiger partial charge in [0.1, 0.15) is 28.2 Å². The first-order valence-electron chi connectivity index (χ1n) is 13.2. The van der Waals surface area contributed by atoms with E-state index in [1.54, 1.807) is 53.4 Å². The van der Waals surface area contributed by atoms with Crippen molar-refractivity contribution in [1.29, 1.82) is 0 Å². The lowest BCUT2D eigenvalue weighted by atomic mass is 9.98. The van der Waals surface area contributed by atoms with E-state index < -0.39 is 61.4 Å². The molecule has 234 valence electrons. The molecule has 5 aromatic rings. The Bertz CT molecular complexity index is 1900. The van der Waals surface area contributed by atoms with Crippen molar-refractivity contribution in [2.45, 2.75) is 26.2 Å². The van der Waals surface area contributed by atoms with Crippen molar-refractivity contribution in [3.63, 3.8) is 0 Å². The standard InChI is InChI=1S/C31H23Cl2F5N4O3/c1-15-12-20(42(13-16-4-8-18(44-2)9-5-16)14-17-6-10-19(45-3)11-7-17)39-27(23(15)31(36,37)38)21-24(32)25(34)22-28(26(21)35)40-30(33)41-29(22)43/h4-12H,13-14H2,1-3H3,(H,40,41,43). The van der Waals surface area contributed by atoms with E-state index in [9.17, 15) is 18.0 Å². The molecule has 0 spiro atoms. The van der Waals surface area contributed by atoms with Crippen molar-refractivity contribution < 1.29 is 31.4 Å². The minimum Gasteiger partial charge on any atom is -0.497 e. The summed E-state index contributed by atoms with van der Waals surface area (Å²) >= 11 is 11.9. The van der Waals surface area contributed by atoms with Crippen LogP contribution < -0.4 is 19.9 Å². The van der Waals surface area contributed by atoms with Gasteiger partial charge in [-0.2, -0.15) is 13.2 Å². The number of nitrogens with one attached hydrogen (secondary N) is 1. The highest BCUT2D eigenvalue weighted by molar-refractivity contribution is 6.34. The van der Waals surface area contributed by atoms with Crippen LogP contribution in [-0.4, -0.2) is 29.2 Å². The zero-order chi connectivity index (χ0) is 32.6. The third kappa shape index (κ3) is 6.38. The van der Waals surface area contributed by atoms with Crippen molar-refractivity contribution in [2.75, 3.05) is 19.1 Å². The molecule has 0 bridgehead atoms. The number of aromatic nitrogens is 3. The predicted molar refractivity (Wildman–Crippen MR) is 161 cm³/mol. The van der Waals surface area contributed by atoms with Gasteiger partial charge in [0.2, 0.25) is 5.28 Å². The van der Waals surface area contributed by atoms with Gasteiger partial charge in [-0.25, -0.2) is 18.7 Å². The highest BCUT2D eigenvalue weighted by Gasteiger charge is 2.39. The van der Waals surface area contributed by atoms with Crippen LogP contribution in [-0.2, 0) is 19.3 Å². The number of alkyl halides is 3. The molecule has 0 saturated heterocycles. The first-order chi connectivity index (χ1) is 21.3. The third-order valence-electron chi connectivity index (χ3n) is 7.06. The van der Waals surface area contributed by atoms with E-state index in [0.717, 1.165) is 11.1 Å². The zero-order valence-corrected chi connectivity index (χ0v) is 25.3. The number of aromatic amines is 1. The van der Waals surface area contributed by atoms with E-state index in [2.05, 4.69) is 9.97 Å². The Hall–Kier alpha value is -4.42. The van der Waals surface area contributed by atoms with Gasteiger partial charge in [0.25, 0.3) is 5.56 Å². The number of ether oxygens (including phenoxy) is 2. The lowest BCUT2D eigenvalue weighted by molar-refractivity contribution is -0.137. The van der Waals surface area contributed by atoms with Gasteiger partial charge in [0.05, 0.1) is 36.1 Å². The SMILES string of the molecule is COc1ccc(CN(Cc2ccc(OC)cc2)c2cc(C)c(C(F)(F)F)c(-c3c(Cl)c(F)c4c(=O)[nH]c(Cl)nc4c3F)n2)cc1. The second kappa shape index (κ2) is 12.5. The summed E-state index contributed by atoms with van der Waals surface area (Å²) in [5, 5.41) is -2.56. The fraction of sp³-hybridized carbons (Fsp3) is 0.194. The van der Waals surface area contributed by atoms with Gasteiger partial charge >= 0.3 is 6.18 Å². The zero-order valence-electron chi connectivity index (χ0n) is 23.8. The van der Waals surface area contributed by atoms with Gasteiger partial charge in [-0.1, -0.05) is 35.9 Å². The van der Waals surface area contributed by atoms with Crippen LogP contribution in [0.3, 0.4) is 0 Å². The van der Waals surface area contributed by atoms with Gasteiger partial charge in [-0.15, -0.1) is 0 Å². The van der Waals surface area contributed by atoms with Crippen LogP contribution >= 0.6 is 23.2 Å². The first-order valence-corrected chi connectivity index (χ1v) is 13.9. The largest absolute Gasteiger partial charge is 0.497 e. The molecule has 2 heterocycles. The summed E-state index contributed by atoms with van der Waals surface area (Å²) in [4.78, 5) is 23.9. The summed E-state index contributed by atoms with van der Waals surface area (Å²) in [5.74, 6) is -1.75. The first kappa shape index (κ1) is 32.0. The Morgan fingerprint density at radius 2 is 1.40 bits per heavy atom. The van der Waals surface area contributed by atoms with Gasteiger partial charge in [0.15, 0.2) is 11.6 Å². The molecule has 1 N–H and O–H groups in total. The number of rotatable bonds is 8. The fourth-order valence-corrected chi connectivity index (χ4v) is 5.36. The highest BCUT2D eigenvalue weighted by Crippen LogP contribution is 2.45. The summed E-state index contributed by atoms with van der Waals surface area (Å²) in [6.45, 7) is 1.49. The molecule has 7 nitrogen and oxygen atoms in total. The summed E-state index contributed by atoms with van der Waals surface area (Å²) in [6, 6.07) is 15.2. The average Bonchev–Trinajstić information content (AvgIpc) is 2.99. The van der Waals surface area contributed by atoms with E-state index in [1.165, 1.54) is 27.2 Å². The molecular formula is C31H23Cl2F5N4O3. The van der Waals surface area contributed by atoms with Crippen LogP contribution in [0.15, 0.2) is 59.4 Å². The minimum absolute atomic E-state index is 0.00927. The molecule has 2 aromatic heterocycles. The number of nitrogens with zero attached hydrogens (tertiary/aromatic N) is 3. The second-order valence-corrected chi connectivity index (χ2v) is 10.7. The van der Waals surface area contributed by atoms with E-state index in [-0.39, 0.29) is 24.5 Å². The number of fused-ring (bicyclic) bond motifs is 1. The Labute approximate surface area is 263 Å². The van der Waals surface area contributed by atoms with Crippen molar-refractivity contribution in [3.8, 4) is 22.8 Å². The van der Waals surface area contributed by atoms with Crippen LogP contribution in [0.5, 0.6) is 11.5 Å². The molecule has 0 saturated carbocycles. The minimum atomic E-state index is -5.05. The highest BCUT2D eigenvalue weighted by atomic mass is 35.5. The van der Waals surface area contributed by atoms with Crippen LogP contribution in [0.1, 0.15) is 22.3 Å². The number of aryl methyl sites for hydroxylation is 1. The van der Waals surface area contributed by atoms with E-state index in [0.29, 0.717) is 11.5 Å². The van der Waals surface area contributed by atoms with E-state index in [4.69, 9.17) is 32.7 Å². The van der Waals surface area contributed by atoms with E-state index >= 15 is 8.78 Å². The molecule has 0 atom stereocenters. The second-order valence-electron chi connectivity index (χ2n) is 9.97. The number of hydrogen-bond donors (Lipinski definition) is 1. The van der Waals surface area contributed by atoms with Gasteiger partial charge in [-0.3, -0.25) is 9.78 Å². The summed E-state index contributed by atoms with van der Waals surface area (Å²) in [6.07, 6.45) is -5.05. The Balaban J connectivity index is 1.75. The maximum Gasteiger partial charge on any atom is 0.418 e. The molecule has 0 fully saturated rings. The number of halogens is 7. The normalized spacial score (nSPS) is 11.6. The van der Waals surface area contributed by atoms with Crippen LogP contribution in [0.25, 0.3) is 22.2 Å². The summed E-state index contributed by atoms with van der Waals surface area (Å²) in [7, 11) is 3.03. The Kier molecular flexibility index (Phi) is 8.90. The molecule has 14 heteroatoms. The predicted octanol–water partition coefficient (Wildman–Crippen LogP) is 8.12. The van der Waals surface area contributed by atoms with Crippen molar-refractivity contribution in [3.05, 3.63) is 109 Å². The molecule has 0 unspecified atom stereocenters. The quantitative estimate of drug-likeness (QED) is 0.103. The maximum absolute atomic E-state index is 16.1. The summed E-state index contributed by atoms with van der Waals surface area (Å²) < 4.78 is 85.6. The molecule has 0 aliphatic carbocycles. The molecule has 45 heavy (non-hydrogen) atoms. The molecular weight excluding hydrogens is 642 g/mol. The van der Waals surface area contributed by atoms with Gasteiger partial charge in [0, 0.05) is 13.1 Å². The molecule has 0 radical (unpaired) electrons. The Morgan fingerprint density at radius 1 is 0.867 bits per heavy atom. The molecule has 0 aliphatic rings. The number of pyridine rings is 1. The Morgan fingerprint density at radius 3 is 1.89 bits per heavy atom. The third-order valence-corrected chi connectivity index (χ3v) is 7.60. The smallest absolute Gasteiger partial charge is 0.418 e. The van der Waals surface area contributed by atoms with Crippen LogP contribution in [0, 0.1) is 18.6 Å². The van der Waals surface area contributed by atoms with Crippen molar-refractivity contribution in [1.82, 2.24) is 15.0 Å². The number of benzene rings is 3. The molecule has 0 amide bonds. The van der Waals surface area contributed by atoms with Gasteiger partial charge in [-0.05, 0) is 65.5 Å². The average molecular weight is 665 g/mol. The van der Waals surface area contributed by atoms with Crippen molar-refractivity contribution in [2.24, 2.45) is 0 Å². The molecule has 0 aliphatic heterocycles. The number of anilines is 1. The number of hydrogen-bond acceptors (Lipinski definition) is 6. The summed E-state index contributed by atoms with van der Waals surface area (Å²) in [5.41, 5.74) is -4.20.